The Labute approximate surface area is 69.4 Å². The molecule has 0 unspecified atom stereocenters. The molecule has 1 amide bonds. The second-order valence-electron chi connectivity index (χ2n) is 2.51. The van der Waals surface area contributed by atoms with Crippen LogP contribution in [0.4, 0.5) is 0 Å². The van der Waals surface area contributed by atoms with Crippen LogP contribution in [0.15, 0.2) is 0 Å². The van der Waals surface area contributed by atoms with Crippen LogP contribution in [0.3, 0.4) is 0 Å². The molecule has 0 aliphatic carbocycles. The average molecular weight is 175 g/mol. The zero-order chi connectivity index (χ0) is 8.43. The number of nitrogens with one attached hydrogen (secondary N) is 1. The highest BCUT2D eigenvalue weighted by Gasteiger charge is 2.34. The zero-order valence-corrected chi connectivity index (χ0v) is 6.67. The highest BCUT2D eigenvalue weighted by Crippen LogP contribution is 2.16. The summed E-state index contributed by atoms with van der Waals surface area (Å²) in [6, 6.07) is -0.709. The van der Waals surface area contributed by atoms with Gasteiger partial charge in [-0.2, -0.15) is 12.6 Å². The predicted molar refractivity (Wildman–Crippen MR) is 41.5 cm³/mol. The average Bonchev–Trinajstić information content (AvgIpc) is 2.31. The molecule has 2 atom stereocenters. The molecule has 1 heterocycles. The van der Waals surface area contributed by atoms with Crippen LogP contribution in [-0.4, -0.2) is 28.8 Å². The number of carboxylic acid groups (broad SMARTS) is 1. The number of hydrogen-bond acceptors (Lipinski definition) is 3. The molecule has 0 aromatic rings. The van der Waals surface area contributed by atoms with E-state index in [0.717, 1.165) is 0 Å². The molecule has 1 aliphatic rings. The number of carbonyl (C=O) groups is 2. The molecule has 1 aliphatic heterocycles. The molecule has 0 aromatic carbocycles. The lowest BCUT2D eigenvalue weighted by Crippen LogP contribution is -2.32. The van der Waals surface area contributed by atoms with Crippen LogP contribution in [0.2, 0.25) is 0 Å². The second-order valence-corrected chi connectivity index (χ2v) is 2.88. The molecule has 5 heteroatoms. The maximum Gasteiger partial charge on any atom is 0.326 e. The van der Waals surface area contributed by atoms with Crippen molar-refractivity contribution >= 4 is 24.5 Å². The third kappa shape index (κ3) is 1.65. The van der Waals surface area contributed by atoms with Gasteiger partial charge in [0.05, 0.1) is 0 Å². The quantitative estimate of drug-likeness (QED) is 0.496. The van der Waals surface area contributed by atoms with E-state index in [1.807, 2.05) is 0 Å². The summed E-state index contributed by atoms with van der Waals surface area (Å²) in [5, 5.41) is 10.9. The summed E-state index contributed by atoms with van der Waals surface area (Å²) >= 11 is 3.93. The van der Waals surface area contributed by atoms with Crippen LogP contribution in [0, 0.1) is 5.92 Å². The van der Waals surface area contributed by atoms with Gasteiger partial charge in [-0.1, -0.05) is 0 Å². The first-order valence-corrected chi connectivity index (χ1v) is 3.92. The van der Waals surface area contributed by atoms with Gasteiger partial charge in [-0.15, -0.1) is 0 Å². The number of amides is 1. The van der Waals surface area contributed by atoms with Crippen molar-refractivity contribution in [1.29, 1.82) is 0 Å². The Bertz CT molecular complexity index is 194. The maximum absolute atomic E-state index is 10.9. The Balaban J connectivity index is 2.56. The summed E-state index contributed by atoms with van der Waals surface area (Å²) in [6.45, 7) is 0. The number of hydrogen-bond donors (Lipinski definition) is 3. The van der Waals surface area contributed by atoms with Gasteiger partial charge in [-0.25, -0.2) is 4.79 Å². The van der Waals surface area contributed by atoms with Crippen LogP contribution in [0.5, 0.6) is 0 Å². The predicted octanol–water partition coefficient (Wildman–Crippen LogP) is -0.495. The van der Waals surface area contributed by atoms with Gasteiger partial charge in [-0.3, -0.25) is 4.79 Å². The number of carbonyl (C=O) groups excluding carboxylic acids is 1. The molecule has 0 saturated carbocycles. The smallest absolute Gasteiger partial charge is 0.326 e. The number of thiol groups is 1. The van der Waals surface area contributed by atoms with Gasteiger partial charge in [0.15, 0.2) is 0 Å². The van der Waals surface area contributed by atoms with Crippen LogP contribution >= 0.6 is 12.6 Å². The first-order chi connectivity index (χ1) is 5.15. The lowest BCUT2D eigenvalue weighted by molar-refractivity contribution is -0.140. The Kier molecular flexibility index (Phi) is 2.38. The number of aliphatic carboxylic acids is 1. The van der Waals surface area contributed by atoms with Gasteiger partial charge in [0.1, 0.15) is 6.04 Å². The molecule has 0 spiro atoms. The summed E-state index contributed by atoms with van der Waals surface area (Å²) in [7, 11) is 0. The Hall–Kier alpha value is -0.710. The summed E-state index contributed by atoms with van der Waals surface area (Å²) < 4.78 is 0. The maximum atomic E-state index is 10.9. The van der Waals surface area contributed by atoms with E-state index in [2.05, 4.69) is 17.9 Å². The van der Waals surface area contributed by atoms with Crippen molar-refractivity contribution in [3.63, 3.8) is 0 Å². The largest absolute Gasteiger partial charge is 0.480 e. The van der Waals surface area contributed by atoms with E-state index in [4.69, 9.17) is 5.11 Å². The van der Waals surface area contributed by atoms with Gasteiger partial charge in [-0.05, 0) is 6.42 Å². The first kappa shape index (κ1) is 8.39. The number of rotatable bonds is 2. The standard InChI is InChI=1S/C6H9NO3S/c8-5-3(2-11)1-4(7-5)6(9)10/h3-4,11H,1-2H2,(H,7,8)(H,9,10)/t3-,4+/m0/s1. The molecule has 4 nitrogen and oxygen atoms in total. The zero-order valence-electron chi connectivity index (χ0n) is 5.78. The van der Waals surface area contributed by atoms with E-state index in [9.17, 15) is 9.59 Å². The summed E-state index contributed by atoms with van der Waals surface area (Å²) in [6.07, 6.45) is 0.359. The molecular formula is C6H9NO3S. The van der Waals surface area contributed by atoms with Crippen molar-refractivity contribution in [1.82, 2.24) is 5.32 Å². The van der Waals surface area contributed by atoms with Crippen molar-refractivity contribution in [2.24, 2.45) is 5.92 Å². The van der Waals surface area contributed by atoms with Crippen LogP contribution < -0.4 is 5.32 Å². The van der Waals surface area contributed by atoms with Crippen LogP contribution in [0.25, 0.3) is 0 Å². The summed E-state index contributed by atoms with van der Waals surface area (Å²) in [5.74, 6) is -0.996. The molecule has 0 radical (unpaired) electrons. The monoisotopic (exact) mass is 175 g/mol. The van der Waals surface area contributed by atoms with Crippen LogP contribution in [-0.2, 0) is 9.59 Å². The Morgan fingerprint density at radius 1 is 1.82 bits per heavy atom. The van der Waals surface area contributed by atoms with Crippen molar-refractivity contribution in [2.45, 2.75) is 12.5 Å². The first-order valence-electron chi connectivity index (χ1n) is 3.29. The van der Waals surface area contributed by atoms with E-state index in [1.165, 1.54) is 0 Å². The highest BCUT2D eigenvalue weighted by molar-refractivity contribution is 7.80. The van der Waals surface area contributed by atoms with E-state index >= 15 is 0 Å². The molecule has 11 heavy (non-hydrogen) atoms. The normalized spacial score (nSPS) is 30.1. The van der Waals surface area contributed by atoms with Gasteiger partial charge in [0, 0.05) is 11.7 Å². The fraction of sp³-hybridized carbons (Fsp3) is 0.667. The summed E-state index contributed by atoms with van der Waals surface area (Å²) in [5.41, 5.74) is 0. The highest BCUT2D eigenvalue weighted by atomic mass is 32.1. The minimum atomic E-state index is -0.970. The topological polar surface area (TPSA) is 66.4 Å². The fourth-order valence-electron chi connectivity index (χ4n) is 1.06. The molecule has 0 aromatic heterocycles. The fourth-order valence-corrected chi connectivity index (χ4v) is 1.37. The lowest BCUT2D eigenvalue weighted by atomic mass is 10.1. The van der Waals surface area contributed by atoms with Crippen molar-refractivity contribution in [3.05, 3.63) is 0 Å². The third-order valence-corrected chi connectivity index (χ3v) is 2.17. The number of carboxylic acids is 1. The van der Waals surface area contributed by atoms with Crippen molar-refractivity contribution < 1.29 is 14.7 Å². The minimum Gasteiger partial charge on any atom is -0.480 e. The van der Waals surface area contributed by atoms with Crippen molar-refractivity contribution in [2.75, 3.05) is 5.75 Å². The summed E-state index contributed by atoms with van der Waals surface area (Å²) in [4.78, 5) is 21.3. The molecule has 0 bridgehead atoms. The molecule has 1 saturated heterocycles. The van der Waals surface area contributed by atoms with E-state index in [-0.39, 0.29) is 11.8 Å². The third-order valence-electron chi connectivity index (χ3n) is 1.73. The molecular weight excluding hydrogens is 166 g/mol. The van der Waals surface area contributed by atoms with Gasteiger partial charge >= 0.3 is 5.97 Å². The molecule has 1 rings (SSSR count). The molecule has 2 N–H and O–H groups in total. The van der Waals surface area contributed by atoms with E-state index < -0.39 is 12.0 Å². The Morgan fingerprint density at radius 2 is 2.45 bits per heavy atom. The molecule has 1 fully saturated rings. The van der Waals surface area contributed by atoms with Gasteiger partial charge in [0.25, 0.3) is 0 Å². The van der Waals surface area contributed by atoms with E-state index in [0.29, 0.717) is 12.2 Å². The van der Waals surface area contributed by atoms with Gasteiger partial charge in [0.2, 0.25) is 5.91 Å². The second kappa shape index (κ2) is 3.13. The minimum absolute atomic E-state index is 0.201. The lowest BCUT2D eigenvalue weighted by Gasteiger charge is -2.00. The van der Waals surface area contributed by atoms with Crippen molar-refractivity contribution in [3.8, 4) is 0 Å². The van der Waals surface area contributed by atoms with Crippen LogP contribution in [0.1, 0.15) is 6.42 Å². The molecule has 62 valence electrons. The Morgan fingerprint density at radius 3 is 2.73 bits per heavy atom. The SMILES string of the molecule is O=C1N[C@@H](C(=O)O)C[C@H]1CS. The van der Waals surface area contributed by atoms with Gasteiger partial charge < -0.3 is 10.4 Å². The van der Waals surface area contributed by atoms with E-state index in [1.54, 1.807) is 0 Å².